The van der Waals surface area contributed by atoms with Gasteiger partial charge in [0.1, 0.15) is 21.7 Å². The zero-order valence-corrected chi connectivity index (χ0v) is 20.4. The largest absolute Gasteiger partial charge is 0.744 e. The summed E-state index contributed by atoms with van der Waals surface area (Å²) in [4.78, 5) is 12.1. The lowest BCUT2D eigenvalue weighted by Gasteiger charge is -2.35. The monoisotopic (exact) mass is 639 g/mol. The molecule has 2 fully saturated rings. The highest BCUT2D eigenvalue weighted by molar-refractivity contribution is 14.1. The number of carbonyl (C=O) groups excluding carboxylic acids is 1. The van der Waals surface area contributed by atoms with Crippen LogP contribution in [0.1, 0.15) is 33.1 Å². The number of rotatable bonds is 5. The molecule has 0 N–H and O–H groups in total. The first kappa shape index (κ1) is 21.7. The molecule has 11 heteroatoms. The molecule has 150 valence electrons. The van der Waals surface area contributed by atoms with Gasteiger partial charge in [-0.15, -0.1) is 0 Å². The van der Waals surface area contributed by atoms with Crippen molar-refractivity contribution in [3.8, 4) is 5.75 Å². The van der Waals surface area contributed by atoms with E-state index in [2.05, 4.69) is 0 Å². The fourth-order valence-corrected chi connectivity index (χ4v) is 10.1. The fourth-order valence-electron chi connectivity index (χ4n) is 4.41. The molecule has 2 saturated carbocycles. The predicted octanol–water partition coefficient (Wildman–Crippen LogP) is 2.90. The van der Waals surface area contributed by atoms with Gasteiger partial charge in [0.25, 0.3) is 0 Å². The van der Waals surface area contributed by atoms with E-state index in [1.54, 1.807) is 45.2 Å². The van der Waals surface area contributed by atoms with Crippen LogP contribution >= 0.6 is 45.2 Å². The molecule has 2 bridgehead atoms. The lowest BCUT2D eigenvalue weighted by Crippen LogP contribution is -2.43. The van der Waals surface area contributed by atoms with E-state index in [9.17, 15) is 26.2 Å². The van der Waals surface area contributed by atoms with Crippen LogP contribution in [0.15, 0.2) is 17.0 Å². The molecule has 0 heterocycles. The van der Waals surface area contributed by atoms with Crippen LogP contribution in [0.25, 0.3) is 0 Å². The molecule has 0 saturated heterocycles. The van der Waals surface area contributed by atoms with Crippen molar-refractivity contribution in [1.82, 2.24) is 0 Å². The second-order valence-corrected chi connectivity index (χ2v) is 12.8. The van der Waals surface area contributed by atoms with Crippen LogP contribution < -0.4 is 4.18 Å². The molecule has 3 rings (SSSR count). The highest BCUT2D eigenvalue weighted by atomic mass is 127. The third-order valence-corrected chi connectivity index (χ3v) is 10.7. The zero-order valence-electron chi connectivity index (χ0n) is 14.5. The van der Waals surface area contributed by atoms with Gasteiger partial charge in [0, 0.05) is 13.6 Å². The molecule has 2 aliphatic carbocycles. The number of fused-ring (bicyclic) bond motifs is 2. The zero-order chi connectivity index (χ0) is 20.4. The van der Waals surface area contributed by atoms with E-state index in [0.29, 0.717) is 12.8 Å². The number of halogens is 2. The van der Waals surface area contributed by atoms with E-state index in [0.717, 1.165) is 6.42 Å². The van der Waals surface area contributed by atoms with Crippen LogP contribution in [-0.4, -0.2) is 32.9 Å². The van der Waals surface area contributed by atoms with Gasteiger partial charge in [-0.3, -0.25) is 4.79 Å². The Bertz CT molecular complexity index is 1010. The molecule has 0 aromatic heterocycles. The smallest absolute Gasteiger partial charge is 0.310 e. The van der Waals surface area contributed by atoms with Gasteiger partial charge in [0.2, 0.25) is 0 Å². The number of hydrogen-bond acceptors (Lipinski definition) is 7. The van der Waals surface area contributed by atoms with Gasteiger partial charge in [-0.2, -0.15) is 8.42 Å². The first-order valence-electron chi connectivity index (χ1n) is 8.10. The maximum absolute atomic E-state index is 12.7. The molecule has 27 heavy (non-hydrogen) atoms. The van der Waals surface area contributed by atoms with Crippen molar-refractivity contribution in [3.05, 3.63) is 19.3 Å². The van der Waals surface area contributed by atoms with Gasteiger partial charge in [-0.05, 0) is 81.5 Å². The van der Waals surface area contributed by atoms with E-state index in [4.69, 9.17) is 4.18 Å². The SMILES string of the molecule is CC1(C)C2CCC1(CS(=O)(=O)Oc1cc(I)c(S(=O)(=O)[O-])c(I)c1)C(=O)C2. The fraction of sp³-hybridized carbons (Fsp3) is 0.562. The van der Waals surface area contributed by atoms with Crippen molar-refractivity contribution < 1.29 is 30.4 Å². The first-order valence-corrected chi connectivity index (χ1v) is 13.2. The second-order valence-electron chi connectivity index (χ2n) is 7.62. The quantitative estimate of drug-likeness (QED) is 0.277. The van der Waals surface area contributed by atoms with Gasteiger partial charge >= 0.3 is 10.1 Å². The minimum Gasteiger partial charge on any atom is -0.744 e. The maximum Gasteiger partial charge on any atom is 0.310 e. The second kappa shape index (κ2) is 6.77. The van der Waals surface area contributed by atoms with Crippen LogP contribution in [0.2, 0.25) is 0 Å². The molecule has 2 unspecified atom stereocenters. The van der Waals surface area contributed by atoms with Gasteiger partial charge in [0.15, 0.2) is 0 Å². The summed E-state index contributed by atoms with van der Waals surface area (Å²) in [7, 11) is -8.79. The number of ketones is 1. The lowest BCUT2D eigenvalue weighted by atomic mass is 9.70. The van der Waals surface area contributed by atoms with Crippen molar-refractivity contribution >= 4 is 71.2 Å². The number of Topliss-reactive ketones (excluding diaryl/α,β-unsaturated/α-hetero) is 1. The Morgan fingerprint density at radius 3 is 2.15 bits per heavy atom. The Balaban J connectivity index is 1.91. The topological polar surface area (TPSA) is 118 Å². The third-order valence-electron chi connectivity index (χ3n) is 6.01. The van der Waals surface area contributed by atoms with Gasteiger partial charge in [-0.1, -0.05) is 13.8 Å². The third kappa shape index (κ3) is 3.66. The minimum absolute atomic E-state index is 0.0344. The summed E-state index contributed by atoms with van der Waals surface area (Å²) in [5, 5.41) is 0. The molecule has 1 aromatic carbocycles. The molecule has 7 nitrogen and oxygen atoms in total. The van der Waals surface area contributed by atoms with Crippen molar-refractivity contribution in [2.45, 2.75) is 38.0 Å². The van der Waals surface area contributed by atoms with E-state index in [-0.39, 0.29) is 24.6 Å². The van der Waals surface area contributed by atoms with Crippen LogP contribution in [-0.2, 0) is 25.0 Å². The molecular weight excluding hydrogens is 622 g/mol. The van der Waals surface area contributed by atoms with Crippen LogP contribution in [0.4, 0.5) is 0 Å². The molecular formula is C16H17I2O7S2-. The summed E-state index contributed by atoms with van der Waals surface area (Å²) in [6, 6.07) is 2.39. The molecule has 2 aliphatic rings. The van der Waals surface area contributed by atoms with E-state index in [1.165, 1.54) is 12.1 Å². The Morgan fingerprint density at radius 2 is 1.74 bits per heavy atom. The highest BCUT2D eigenvalue weighted by Gasteiger charge is 2.65. The molecule has 2 atom stereocenters. The van der Waals surface area contributed by atoms with Crippen molar-refractivity contribution in [2.24, 2.45) is 16.7 Å². The summed E-state index contributed by atoms with van der Waals surface area (Å²) in [5.74, 6) is -0.334. The Morgan fingerprint density at radius 1 is 1.19 bits per heavy atom. The Labute approximate surface area is 185 Å². The normalized spacial score (nSPS) is 27.1. The minimum atomic E-state index is -4.69. The van der Waals surface area contributed by atoms with Gasteiger partial charge in [-0.25, -0.2) is 8.42 Å². The Kier molecular flexibility index (Phi) is 5.45. The average Bonchev–Trinajstić information content (AvgIpc) is 2.77. The maximum atomic E-state index is 12.7. The first-order chi connectivity index (χ1) is 12.2. The summed E-state index contributed by atoms with van der Waals surface area (Å²) >= 11 is 3.30. The number of carbonyl (C=O) groups is 1. The predicted molar refractivity (Wildman–Crippen MR) is 113 cm³/mol. The molecule has 0 spiro atoms. The number of benzene rings is 1. The summed E-state index contributed by atoms with van der Waals surface area (Å²) in [6.07, 6.45) is 1.74. The summed E-state index contributed by atoms with van der Waals surface area (Å²) in [6.45, 7) is 3.87. The lowest BCUT2D eigenvalue weighted by molar-refractivity contribution is -0.128. The van der Waals surface area contributed by atoms with Crippen molar-refractivity contribution in [3.63, 3.8) is 0 Å². The van der Waals surface area contributed by atoms with Crippen LogP contribution in [0.5, 0.6) is 5.75 Å². The van der Waals surface area contributed by atoms with E-state index in [1.807, 2.05) is 13.8 Å². The van der Waals surface area contributed by atoms with Crippen LogP contribution in [0.3, 0.4) is 0 Å². The number of hydrogen-bond donors (Lipinski definition) is 0. The van der Waals surface area contributed by atoms with Gasteiger partial charge in [0.05, 0.1) is 16.1 Å². The average molecular weight is 639 g/mol. The summed E-state index contributed by atoms with van der Waals surface area (Å²) in [5.41, 5.74) is -1.36. The van der Waals surface area contributed by atoms with Crippen LogP contribution in [0, 0.1) is 23.9 Å². The molecule has 0 amide bonds. The van der Waals surface area contributed by atoms with Crippen molar-refractivity contribution in [1.29, 1.82) is 0 Å². The molecule has 1 aromatic rings. The van der Waals surface area contributed by atoms with E-state index >= 15 is 0 Å². The standard InChI is InChI=1S/C16H18I2O7S2/c1-15(2)9-3-4-16(15,13(19)5-9)8-26(20,21)25-10-6-11(17)14(12(18)7-10)27(22,23)24/h6-7,9H,3-5,8H2,1-2H3,(H,22,23,24)/p-1. The molecule has 0 radical (unpaired) electrons. The molecule has 0 aliphatic heterocycles. The van der Waals surface area contributed by atoms with Gasteiger partial charge < -0.3 is 8.74 Å². The Hall–Kier alpha value is 0.01000. The van der Waals surface area contributed by atoms with Crippen molar-refractivity contribution in [2.75, 3.05) is 5.75 Å². The summed E-state index contributed by atoms with van der Waals surface area (Å²) < 4.78 is 64.8. The van der Waals surface area contributed by atoms with E-state index < -0.39 is 41.7 Å². The highest BCUT2D eigenvalue weighted by Crippen LogP contribution is 2.64.